The smallest absolute Gasteiger partial charge is 0.409 e. The van der Waals surface area contributed by atoms with Crippen molar-refractivity contribution < 1.29 is 13.9 Å². The van der Waals surface area contributed by atoms with Crippen molar-refractivity contribution in [2.24, 2.45) is 5.92 Å². The van der Waals surface area contributed by atoms with Crippen molar-refractivity contribution >= 4 is 6.09 Å². The fraction of sp³-hybridized carbons (Fsp3) is 0.900. The van der Waals surface area contributed by atoms with Crippen LogP contribution in [-0.2, 0) is 4.74 Å². The molecular weight excluding hydrogens is 185 g/mol. The third-order valence-corrected chi connectivity index (χ3v) is 2.75. The van der Waals surface area contributed by atoms with Gasteiger partial charge in [-0.3, -0.25) is 0 Å². The van der Waals surface area contributed by atoms with Crippen molar-refractivity contribution in [2.75, 3.05) is 26.4 Å². The lowest BCUT2D eigenvalue weighted by molar-refractivity contribution is 0.0825. The largest absolute Gasteiger partial charge is 0.447 e. The zero-order valence-electron chi connectivity index (χ0n) is 8.67. The van der Waals surface area contributed by atoms with Crippen LogP contribution in [0.3, 0.4) is 0 Å². The van der Waals surface area contributed by atoms with Gasteiger partial charge >= 0.3 is 6.09 Å². The van der Waals surface area contributed by atoms with Crippen LogP contribution < -0.4 is 0 Å². The molecule has 1 heterocycles. The first-order valence-corrected chi connectivity index (χ1v) is 5.25. The van der Waals surface area contributed by atoms with Crippen LogP contribution in [0, 0.1) is 5.92 Å². The molecule has 0 atom stereocenters. The summed E-state index contributed by atoms with van der Waals surface area (Å²) in [4.78, 5) is 13.0. The van der Waals surface area contributed by atoms with Crippen LogP contribution in [-0.4, -0.2) is 37.4 Å². The summed E-state index contributed by atoms with van der Waals surface area (Å²) in [6, 6.07) is 0. The molecule has 1 rings (SSSR count). The molecule has 4 heteroatoms. The lowest BCUT2D eigenvalue weighted by Gasteiger charge is -2.30. The van der Waals surface area contributed by atoms with E-state index < -0.39 is 6.67 Å². The first-order valence-electron chi connectivity index (χ1n) is 5.25. The lowest BCUT2D eigenvalue weighted by Crippen LogP contribution is -2.38. The van der Waals surface area contributed by atoms with Crippen molar-refractivity contribution in [3.05, 3.63) is 0 Å². The highest BCUT2D eigenvalue weighted by atomic mass is 19.1. The molecular formula is C10H18FNO2. The topological polar surface area (TPSA) is 29.5 Å². The summed E-state index contributed by atoms with van der Waals surface area (Å²) in [6.07, 6.45) is 2.90. The summed E-state index contributed by atoms with van der Waals surface area (Å²) >= 11 is 0. The molecule has 3 nitrogen and oxygen atoms in total. The van der Waals surface area contributed by atoms with Crippen LogP contribution in [0.1, 0.15) is 26.2 Å². The van der Waals surface area contributed by atoms with E-state index in [1.807, 2.05) is 0 Å². The number of hydrogen-bond acceptors (Lipinski definition) is 2. The number of carbonyl (C=O) groups excluding carboxylic acids is 1. The summed E-state index contributed by atoms with van der Waals surface area (Å²) in [6.45, 7) is 2.96. The molecule has 0 radical (unpaired) electrons. The van der Waals surface area contributed by atoms with E-state index in [1.165, 1.54) is 6.42 Å². The second-order valence-electron chi connectivity index (χ2n) is 3.64. The number of alkyl halides is 1. The number of halogens is 1. The molecule has 1 fully saturated rings. The summed E-state index contributed by atoms with van der Waals surface area (Å²) < 4.78 is 16.5. The minimum absolute atomic E-state index is 0.119. The molecule has 0 bridgehead atoms. The number of amides is 1. The van der Waals surface area contributed by atoms with E-state index in [0.717, 1.165) is 31.8 Å². The van der Waals surface area contributed by atoms with Gasteiger partial charge in [0.15, 0.2) is 0 Å². The van der Waals surface area contributed by atoms with Crippen LogP contribution in [0.4, 0.5) is 9.18 Å². The number of likely N-dealkylation sites (tertiary alicyclic amines) is 1. The van der Waals surface area contributed by atoms with E-state index in [9.17, 15) is 9.18 Å². The fourth-order valence-electron chi connectivity index (χ4n) is 1.74. The van der Waals surface area contributed by atoms with Crippen molar-refractivity contribution in [2.45, 2.75) is 26.2 Å². The van der Waals surface area contributed by atoms with Crippen LogP contribution in [0.2, 0.25) is 0 Å². The Bertz CT molecular complexity index is 179. The van der Waals surface area contributed by atoms with Gasteiger partial charge < -0.3 is 9.64 Å². The second kappa shape index (κ2) is 5.83. The Kier molecular flexibility index (Phi) is 4.70. The molecule has 0 unspecified atom stereocenters. The van der Waals surface area contributed by atoms with Gasteiger partial charge in [0.05, 0.1) is 0 Å². The first kappa shape index (κ1) is 11.3. The molecule has 82 valence electrons. The molecule has 1 saturated heterocycles. The molecule has 1 aliphatic heterocycles. The normalized spacial score (nSPS) is 18.3. The van der Waals surface area contributed by atoms with E-state index in [0.29, 0.717) is 0 Å². The van der Waals surface area contributed by atoms with Crippen molar-refractivity contribution in [3.8, 4) is 0 Å². The maximum atomic E-state index is 11.7. The van der Waals surface area contributed by atoms with Gasteiger partial charge in [-0.2, -0.15) is 0 Å². The molecule has 0 aromatic carbocycles. The monoisotopic (exact) mass is 203 g/mol. The highest BCUT2D eigenvalue weighted by Crippen LogP contribution is 2.20. The van der Waals surface area contributed by atoms with Crippen LogP contribution >= 0.6 is 0 Å². The summed E-state index contributed by atoms with van der Waals surface area (Å²) in [5.74, 6) is 0.736. The average Bonchev–Trinajstić information content (AvgIpc) is 2.26. The molecule has 0 aliphatic carbocycles. The highest BCUT2D eigenvalue weighted by molar-refractivity contribution is 5.67. The molecule has 0 aromatic heterocycles. The predicted molar refractivity (Wildman–Crippen MR) is 51.9 cm³/mol. The van der Waals surface area contributed by atoms with E-state index >= 15 is 0 Å². The maximum Gasteiger partial charge on any atom is 0.409 e. The van der Waals surface area contributed by atoms with Gasteiger partial charge in [-0.05, 0) is 18.8 Å². The number of rotatable bonds is 3. The minimum Gasteiger partial charge on any atom is -0.447 e. The molecule has 14 heavy (non-hydrogen) atoms. The number of ether oxygens (including phenoxy) is 1. The molecule has 1 amide bonds. The third kappa shape index (κ3) is 3.16. The van der Waals surface area contributed by atoms with Crippen LogP contribution in [0.25, 0.3) is 0 Å². The Morgan fingerprint density at radius 3 is 2.64 bits per heavy atom. The van der Waals surface area contributed by atoms with Crippen molar-refractivity contribution in [1.29, 1.82) is 0 Å². The summed E-state index contributed by atoms with van der Waals surface area (Å²) in [5, 5.41) is 0. The van der Waals surface area contributed by atoms with E-state index in [1.54, 1.807) is 4.90 Å². The Labute approximate surface area is 84.2 Å². The number of hydrogen-bond donors (Lipinski definition) is 0. The van der Waals surface area contributed by atoms with E-state index in [4.69, 9.17) is 4.74 Å². The third-order valence-electron chi connectivity index (χ3n) is 2.75. The number of nitrogens with zero attached hydrogens (tertiary/aromatic N) is 1. The minimum atomic E-state index is -0.600. The quantitative estimate of drug-likeness (QED) is 0.703. The second-order valence-corrected chi connectivity index (χ2v) is 3.64. The maximum absolute atomic E-state index is 11.7. The lowest BCUT2D eigenvalue weighted by atomic mass is 9.95. The molecule has 0 spiro atoms. The Morgan fingerprint density at radius 1 is 1.50 bits per heavy atom. The van der Waals surface area contributed by atoms with Gasteiger partial charge in [0.25, 0.3) is 0 Å². The summed E-state index contributed by atoms with van der Waals surface area (Å²) in [7, 11) is 0. The van der Waals surface area contributed by atoms with Crippen molar-refractivity contribution in [1.82, 2.24) is 4.90 Å². The van der Waals surface area contributed by atoms with Gasteiger partial charge in [-0.1, -0.05) is 13.3 Å². The van der Waals surface area contributed by atoms with Gasteiger partial charge in [0.2, 0.25) is 0 Å². The van der Waals surface area contributed by atoms with E-state index in [2.05, 4.69) is 6.92 Å². The Morgan fingerprint density at radius 2 is 2.14 bits per heavy atom. The van der Waals surface area contributed by atoms with Gasteiger partial charge in [-0.15, -0.1) is 0 Å². The van der Waals surface area contributed by atoms with Crippen LogP contribution in [0.5, 0.6) is 0 Å². The predicted octanol–water partition coefficient (Wildman–Crippen LogP) is 2.21. The number of carbonyl (C=O) groups is 1. The SMILES string of the molecule is CCC1CCN(C(=O)OCCF)CC1. The highest BCUT2D eigenvalue weighted by Gasteiger charge is 2.22. The average molecular weight is 203 g/mol. The zero-order valence-corrected chi connectivity index (χ0v) is 8.67. The van der Waals surface area contributed by atoms with Gasteiger partial charge in [-0.25, -0.2) is 9.18 Å². The molecule has 0 N–H and O–H groups in total. The van der Waals surface area contributed by atoms with Crippen molar-refractivity contribution in [3.63, 3.8) is 0 Å². The zero-order chi connectivity index (χ0) is 10.4. The molecule has 1 aliphatic rings. The van der Waals surface area contributed by atoms with Crippen LogP contribution in [0.15, 0.2) is 0 Å². The summed E-state index contributed by atoms with van der Waals surface area (Å²) in [5.41, 5.74) is 0. The number of piperidine rings is 1. The van der Waals surface area contributed by atoms with E-state index in [-0.39, 0.29) is 12.7 Å². The van der Waals surface area contributed by atoms with Gasteiger partial charge in [0.1, 0.15) is 13.3 Å². The molecule has 0 aromatic rings. The Balaban J connectivity index is 2.23. The first-order chi connectivity index (χ1) is 6.77. The van der Waals surface area contributed by atoms with Gasteiger partial charge in [0, 0.05) is 13.1 Å². The fourth-order valence-corrected chi connectivity index (χ4v) is 1.74. The Hall–Kier alpha value is -0.800. The molecule has 0 saturated carbocycles. The standard InChI is InChI=1S/C10H18FNO2/c1-2-9-3-6-12(7-4-9)10(13)14-8-5-11/h9H,2-8H2,1H3.